The maximum atomic E-state index is 14.2. The highest BCUT2D eigenvalue weighted by atomic mass is 32.2. The van der Waals surface area contributed by atoms with Crippen molar-refractivity contribution in [3.8, 4) is 0 Å². The SMILES string of the molecule is CC(C)(C)OC(=O)Nc1nc(/C(=N/OC2(C(=O)OC(c3ccccc3)c3ccccc3)CC2)C(=O)N[C@@H]2C(=O)N(S(=O)(=O)O)[C@@H]2Cn2ncc(CSC3Cn4cnc[n+]4C3)n2)cs1. The van der Waals surface area contributed by atoms with Crippen molar-refractivity contribution in [3.05, 3.63) is 107 Å². The quantitative estimate of drug-likeness (QED) is 0.0321. The van der Waals surface area contributed by atoms with Gasteiger partial charge in [0.1, 0.15) is 29.9 Å². The predicted molar refractivity (Wildman–Crippen MR) is 224 cm³/mol. The van der Waals surface area contributed by atoms with E-state index in [-0.39, 0.29) is 39.8 Å². The number of amides is 3. The summed E-state index contributed by atoms with van der Waals surface area (Å²) >= 11 is 2.57. The molecule has 3 N–H and O–H groups in total. The Balaban J connectivity index is 1.01. The molecule has 1 saturated carbocycles. The molecule has 63 heavy (non-hydrogen) atoms. The van der Waals surface area contributed by atoms with Crippen LogP contribution in [0.5, 0.6) is 0 Å². The van der Waals surface area contributed by atoms with Crippen LogP contribution >= 0.6 is 23.1 Å². The van der Waals surface area contributed by atoms with E-state index in [9.17, 15) is 32.1 Å². The molecule has 21 nitrogen and oxygen atoms in total. The number of carbonyl (C=O) groups is 4. The lowest BCUT2D eigenvalue weighted by Gasteiger charge is -2.43. The molecule has 5 aromatic rings. The number of ether oxygens (including phenoxy) is 2. The van der Waals surface area contributed by atoms with Crippen molar-refractivity contribution in [1.29, 1.82) is 0 Å². The maximum absolute atomic E-state index is 14.2. The summed E-state index contributed by atoms with van der Waals surface area (Å²) in [6.07, 6.45) is 3.79. The molecule has 0 unspecified atom stereocenters. The summed E-state index contributed by atoms with van der Waals surface area (Å²) in [6, 6.07) is 15.4. The molecule has 1 aliphatic carbocycles. The highest BCUT2D eigenvalue weighted by molar-refractivity contribution is 7.99. The molecule has 0 spiro atoms. The number of rotatable bonds is 16. The Labute approximate surface area is 368 Å². The molecular formula is C39H42N11O10S3+. The number of anilines is 1. The number of aromatic nitrogens is 7. The van der Waals surface area contributed by atoms with Crippen LogP contribution in [0, 0.1) is 0 Å². The van der Waals surface area contributed by atoms with Gasteiger partial charge in [-0.2, -0.15) is 32.8 Å². The number of nitrogens with zero attached hydrogens (tertiary/aromatic N) is 9. The van der Waals surface area contributed by atoms with E-state index in [1.165, 1.54) is 16.4 Å². The lowest BCUT2D eigenvalue weighted by molar-refractivity contribution is -0.758. The number of hydrogen-bond acceptors (Lipinski definition) is 16. The number of esters is 1. The van der Waals surface area contributed by atoms with Gasteiger partial charge in [-0.05, 0) is 36.9 Å². The topological polar surface area (TPSA) is 255 Å². The van der Waals surface area contributed by atoms with Crippen LogP contribution in [0.3, 0.4) is 0 Å². The first kappa shape index (κ1) is 43.4. The number of fused-ring (bicyclic) bond motifs is 1. The first-order valence-corrected chi connectivity index (χ1v) is 22.9. The van der Waals surface area contributed by atoms with Gasteiger partial charge in [-0.15, -0.1) is 23.1 Å². The fourth-order valence-corrected chi connectivity index (χ4v) is 9.43. The summed E-state index contributed by atoms with van der Waals surface area (Å²) in [7, 11) is -5.08. The molecule has 3 aromatic heterocycles. The number of hydrogen-bond donors (Lipinski definition) is 3. The number of nitrogens with one attached hydrogen (secondary N) is 2. The molecule has 2 atom stereocenters. The van der Waals surface area contributed by atoms with Gasteiger partial charge in [-0.3, -0.25) is 19.5 Å². The van der Waals surface area contributed by atoms with E-state index in [4.69, 9.17) is 14.3 Å². The van der Waals surface area contributed by atoms with E-state index < -0.39 is 69.3 Å². The Bertz CT molecular complexity index is 2580. The number of benzene rings is 2. The molecule has 24 heteroatoms. The number of thioether (sulfide) groups is 1. The Morgan fingerprint density at radius 1 is 1.10 bits per heavy atom. The number of thiazole rings is 1. The average molecular weight is 921 g/mol. The molecule has 2 aromatic carbocycles. The van der Waals surface area contributed by atoms with Gasteiger partial charge >= 0.3 is 28.7 Å². The zero-order valence-corrected chi connectivity index (χ0v) is 36.5. The molecule has 0 radical (unpaired) electrons. The minimum atomic E-state index is -5.08. The fraction of sp³-hybridized carbons (Fsp3) is 0.385. The molecule has 5 heterocycles. The Morgan fingerprint density at radius 3 is 2.43 bits per heavy atom. The van der Waals surface area contributed by atoms with Crippen molar-refractivity contribution in [2.24, 2.45) is 5.16 Å². The lowest BCUT2D eigenvalue weighted by Crippen LogP contribution is -2.73. The van der Waals surface area contributed by atoms with E-state index in [0.29, 0.717) is 22.6 Å². The molecule has 8 rings (SSSR count). The first-order valence-electron chi connectivity index (χ1n) is 19.6. The largest absolute Gasteiger partial charge is 0.450 e. The van der Waals surface area contributed by atoms with Crippen LogP contribution < -0.4 is 15.3 Å². The van der Waals surface area contributed by atoms with Crippen LogP contribution in [0.1, 0.15) is 62.2 Å². The molecule has 2 fully saturated rings. The van der Waals surface area contributed by atoms with Crippen LogP contribution in [0.2, 0.25) is 0 Å². The Hall–Kier alpha value is -6.24. The monoisotopic (exact) mass is 920 g/mol. The summed E-state index contributed by atoms with van der Waals surface area (Å²) in [5.74, 6) is -2.46. The number of carbonyl (C=O) groups excluding carboxylic acids is 4. The fourth-order valence-electron chi connectivity index (χ4n) is 6.82. The Morgan fingerprint density at radius 2 is 1.79 bits per heavy atom. The highest BCUT2D eigenvalue weighted by Gasteiger charge is 2.57. The van der Waals surface area contributed by atoms with Gasteiger partial charge in [-0.1, -0.05) is 65.8 Å². The van der Waals surface area contributed by atoms with Gasteiger partial charge in [0.15, 0.2) is 16.9 Å². The van der Waals surface area contributed by atoms with Gasteiger partial charge in [0.25, 0.3) is 11.8 Å². The summed E-state index contributed by atoms with van der Waals surface area (Å²) < 4.78 is 50.4. The second-order valence-corrected chi connectivity index (χ2v) is 19.3. The van der Waals surface area contributed by atoms with Crippen molar-refractivity contribution in [2.45, 2.75) is 93.6 Å². The summed E-state index contributed by atoms with van der Waals surface area (Å²) in [5, 5.41) is 19.4. The van der Waals surface area contributed by atoms with Gasteiger partial charge in [0.2, 0.25) is 11.9 Å². The van der Waals surface area contributed by atoms with Gasteiger partial charge in [0.05, 0.1) is 30.2 Å². The van der Waals surface area contributed by atoms with Gasteiger partial charge in [-0.25, -0.2) is 18.9 Å². The van der Waals surface area contributed by atoms with E-state index in [0.717, 1.165) is 24.4 Å². The molecule has 2 aliphatic heterocycles. The zero-order chi connectivity index (χ0) is 44.5. The number of β-lactam (4-membered cyclic amide) rings is 1. The standard InChI is InChI=1S/C39H41N11O10S3/c1-38(2,3)59-37(54)44-36-42-28(21-62-36)30(46-60-39(14-15-39)35(53)58-32(24-10-6-4-7-11-24)25-12-8-5-9-13-25)33(51)43-31-29(50(34(31)52)63(55,56)57)19-49-41-16-26(45-49)20-61-27-17-47-22-40-23-48(47)18-27/h4-13,16,21-23,27,29,31-32H,14-15,17-20H2,1-3H3,(H2-,42,43,44,51,54,55,56,57)/p+1/b46-30-/t29-,31+/m1/s1. The van der Waals surface area contributed by atoms with Crippen molar-refractivity contribution >= 4 is 68.1 Å². The molecular weight excluding hydrogens is 879 g/mol. The third-order valence-electron chi connectivity index (χ3n) is 10.0. The van der Waals surface area contributed by atoms with Crippen molar-refractivity contribution < 1.29 is 51.1 Å². The summed E-state index contributed by atoms with van der Waals surface area (Å²) in [6.45, 7) is 6.23. The molecule has 3 aliphatic rings. The zero-order valence-electron chi connectivity index (χ0n) is 34.0. The van der Waals surface area contributed by atoms with Crippen molar-refractivity contribution in [2.75, 3.05) is 5.32 Å². The van der Waals surface area contributed by atoms with Crippen LogP contribution in [0.4, 0.5) is 9.93 Å². The van der Waals surface area contributed by atoms with Crippen LogP contribution in [0.15, 0.2) is 90.1 Å². The van der Waals surface area contributed by atoms with Crippen LogP contribution in [-0.2, 0) is 64.4 Å². The second kappa shape index (κ2) is 17.5. The third-order valence-corrected chi connectivity index (χ3v) is 12.9. The van der Waals surface area contributed by atoms with E-state index in [1.54, 1.807) is 45.2 Å². The van der Waals surface area contributed by atoms with Crippen molar-refractivity contribution in [3.63, 3.8) is 0 Å². The number of oxime groups is 1. The smallest absolute Gasteiger partial charge is 0.413 e. The van der Waals surface area contributed by atoms with Gasteiger partial charge in [0, 0.05) is 24.0 Å². The molecule has 3 amide bonds. The minimum Gasteiger partial charge on any atom is -0.450 e. The van der Waals surface area contributed by atoms with E-state index in [2.05, 4.69) is 36.0 Å². The Kier molecular flexibility index (Phi) is 12.1. The highest BCUT2D eigenvalue weighted by Crippen LogP contribution is 2.43. The summed E-state index contributed by atoms with van der Waals surface area (Å²) in [4.78, 5) is 69.4. The van der Waals surface area contributed by atoms with Gasteiger partial charge < -0.3 is 19.6 Å². The average Bonchev–Trinajstić information content (AvgIpc) is 3.62. The first-order chi connectivity index (χ1) is 30.0. The van der Waals surface area contributed by atoms with Crippen molar-refractivity contribution in [1.82, 2.24) is 39.3 Å². The maximum Gasteiger partial charge on any atom is 0.413 e. The third kappa shape index (κ3) is 10.0. The second-order valence-electron chi connectivity index (χ2n) is 15.9. The molecule has 330 valence electrons. The summed E-state index contributed by atoms with van der Waals surface area (Å²) in [5.41, 5.74) is -1.06. The van der Waals surface area contributed by atoms with Crippen LogP contribution in [-0.4, -0.2) is 105 Å². The minimum absolute atomic E-state index is 0.0145. The predicted octanol–water partition coefficient (Wildman–Crippen LogP) is 2.67. The molecule has 0 bridgehead atoms. The van der Waals surface area contributed by atoms with E-state index >= 15 is 0 Å². The normalized spacial score (nSPS) is 19.3. The lowest BCUT2D eigenvalue weighted by atomic mass is 9.98. The van der Waals surface area contributed by atoms with E-state index in [1.807, 2.05) is 70.0 Å². The molecule has 1 saturated heterocycles. The van der Waals surface area contributed by atoms with Crippen LogP contribution in [0.25, 0.3) is 0 Å².